The van der Waals surface area contributed by atoms with Gasteiger partial charge in [-0.25, -0.2) is 14.8 Å². The Labute approximate surface area is 171 Å². The molecule has 8 nitrogen and oxygen atoms in total. The van der Waals surface area contributed by atoms with Gasteiger partial charge in [0.25, 0.3) is 0 Å². The standard InChI is InChI=1S/C21H28N6O2/c1-14-4-5-16(22-10-14)11-24-20(28)27-13-18-17(21(27,2)3)12-23-19(26-18)25-15-6-8-29-9-7-15/h4-5,10,12,15H,6-9,11,13H2,1-3H3,(H,24,28)(H,23,25,26). The first-order valence-corrected chi connectivity index (χ1v) is 10.1. The number of aryl methyl sites for hydroxylation is 1. The molecule has 0 spiro atoms. The minimum absolute atomic E-state index is 0.130. The molecule has 2 aliphatic rings. The fraction of sp³-hybridized carbons (Fsp3) is 0.524. The molecule has 0 aliphatic carbocycles. The van der Waals surface area contributed by atoms with Crippen LogP contribution in [-0.2, 0) is 23.4 Å². The van der Waals surface area contributed by atoms with E-state index in [1.54, 1.807) is 11.1 Å². The van der Waals surface area contributed by atoms with Gasteiger partial charge in [0.1, 0.15) is 0 Å². The molecule has 2 aromatic heterocycles. The molecule has 2 aliphatic heterocycles. The summed E-state index contributed by atoms with van der Waals surface area (Å²) in [4.78, 5) is 28.2. The van der Waals surface area contributed by atoms with E-state index in [-0.39, 0.29) is 6.03 Å². The molecule has 2 amide bonds. The molecule has 8 heteroatoms. The number of hydrogen-bond donors (Lipinski definition) is 2. The largest absolute Gasteiger partial charge is 0.381 e. The van der Waals surface area contributed by atoms with E-state index in [2.05, 4.69) is 20.6 Å². The number of ether oxygens (including phenoxy) is 1. The van der Waals surface area contributed by atoms with Crippen LogP contribution in [0.4, 0.5) is 10.7 Å². The van der Waals surface area contributed by atoms with Crippen LogP contribution in [0.1, 0.15) is 49.2 Å². The third kappa shape index (κ3) is 4.17. The lowest BCUT2D eigenvalue weighted by atomic mass is 9.97. The number of hydrogen-bond acceptors (Lipinski definition) is 6. The predicted octanol–water partition coefficient (Wildman–Crippen LogP) is 2.73. The van der Waals surface area contributed by atoms with Gasteiger partial charge in [0.05, 0.1) is 30.0 Å². The number of anilines is 1. The SMILES string of the molecule is Cc1ccc(CNC(=O)N2Cc3nc(NC4CCOCC4)ncc3C2(C)C)nc1. The summed E-state index contributed by atoms with van der Waals surface area (Å²) >= 11 is 0. The Kier molecular flexibility index (Phi) is 5.36. The lowest BCUT2D eigenvalue weighted by Crippen LogP contribution is -2.45. The summed E-state index contributed by atoms with van der Waals surface area (Å²) in [5.74, 6) is 0.623. The molecule has 2 N–H and O–H groups in total. The van der Waals surface area contributed by atoms with E-state index in [9.17, 15) is 4.79 Å². The Morgan fingerprint density at radius 1 is 1.24 bits per heavy atom. The molecule has 4 heterocycles. The highest BCUT2D eigenvalue weighted by molar-refractivity contribution is 5.76. The molecule has 0 aromatic carbocycles. The van der Waals surface area contributed by atoms with E-state index < -0.39 is 5.54 Å². The Hall–Kier alpha value is -2.74. The van der Waals surface area contributed by atoms with E-state index in [1.165, 1.54) is 0 Å². The van der Waals surface area contributed by atoms with Crippen molar-refractivity contribution in [2.75, 3.05) is 18.5 Å². The summed E-state index contributed by atoms with van der Waals surface area (Å²) in [6, 6.07) is 4.12. The van der Waals surface area contributed by atoms with Crippen molar-refractivity contribution in [2.45, 2.75) is 58.3 Å². The zero-order valence-corrected chi connectivity index (χ0v) is 17.2. The number of pyridine rings is 1. The predicted molar refractivity (Wildman–Crippen MR) is 109 cm³/mol. The van der Waals surface area contributed by atoms with Crippen LogP contribution >= 0.6 is 0 Å². The monoisotopic (exact) mass is 396 g/mol. The third-order valence-corrected chi connectivity index (χ3v) is 5.70. The first-order chi connectivity index (χ1) is 13.9. The van der Waals surface area contributed by atoms with Crippen molar-refractivity contribution in [1.82, 2.24) is 25.2 Å². The maximum absolute atomic E-state index is 12.9. The number of nitrogens with one attached hydrogen (secondary N) is 2. The van der Waals surface area contributed by atoms with E-state index >= 15 is 0 Å². The number of carbonyl (C=O) groups excluding carboxylic acids is 1. The van der Waals surface area contributed by atoms with Crippen molar-refractivity contribution in [3.63, 3.8) is 0 Å². The smallest absolute Gasteiger partial charge is 0.318 e. The molecule has 4 rings (SSSR count). The molecule has 0 atom stereocenters. The molecule has 1 saturated heterocycles. The number of carbonyl (C=O) groups is 1. The molecular weight excluding hydrogens is 368 g/mol. The van der Waals surface area contributed by atoms with Gasteiger partial charge in [-0.2, -0.15) is 0 Å². The van der Waals surface area contributed by atoms with Crippen LogP contribution in [0, 0.1) is 6.92 Å². The van der Waals surface area contributed by atoms with Crippen LogP contribution in [-0.4, -0.2) is 45.1 Å². The lowest BCUT2D eigenvalue weighted by molar-refractivity contribution is 0.0903. The highest BCUT2D eigenvalue weighted by Crippen LogP contribution is 2.37. The van der Waals surface area contributed by atoms with Crippen LogP contribution < -0.4 is 10.6 Å². The second-order valence-corrected chi connectivity index (χ2v) is 8.22. The van der Waals surface area contributed by atoms with Gasteiger partial charge in [-0.3, -0.25) is 4.98 Å². The van der Waals surface area contributed by atoms with Gasteiger partial charge in [-0.05, 0) is 45.2 Å². The summed E-state index contributed by atoms with van der Waals surface area (Å²) in [6.45, 7) is 8.42. The molecule has 0 unspecified atom stereocenters. The average Bonchev–Trinajstić information content (AvgIpc) is 2.98. The number of nitrogens with zero attached hydrogens (tertiary/aromatic N) is 4. The summed E-state index contributed by atoms with van der Waals surface area (Å²) in [5, 5.41) is 6.38. The van der Waals surface area contributed by atoms with E-state index in [0.717, 1.165) is 48.6 Å². The molecule has 0 bridgehead atoms. The molecule has 0 radical (unpaired) electrons. The quantitative estimate of drug-likeness (QED) is 0.826. The maximum Gasteiger partial charge on any atom is 0.318 e. The van der Waals surface area contributed by atoms with Crippen molar-refractivity contribution >= 4 is 12.0 Å². The number of urea groups is 1. The molecule has 2 aromatic rings. The molecule has 1 fully saturated rings. The Morgan fingerprint density at radius 3 is 2.76 bits per heavy atom. The maximum atomic E-state index is 12.9. The summed E-state index contributed by atoms with van der Waals surface area (Å²) < 4.78 is 5.40. The van der Waals surface area contributed by atoms with Crippen LogP contribution in [0.2, 0.25) is 0 Å². The van der Waals surface area contributed by atoms with Crippen LogP contribution in [0.3, 0.4) is 0 Å². The summed E-state index contributed by atoms with van der Waals surface area (Å²) in [6.07, 6.45) is 5.56. The van der Waals surface area contributed by atoms with Gasteiger partial charge in [-0.1, -0.05) is 6.07 Å². The zero-order valence-electron chi connectivity index (χ0n) is 17.2. The summed E-state index contributed by atoms with van der Waals surface area (Å²) in [5.41, 5.74) is 3.33. The highest BCUT2D eigenvalue weighted by atomic mass is 16.5. The lowest BCUT2D eigenvalue weighted by Gasteiger charge is -2.32. The minimum Gasteiger partial charge on any atom is -0.381 e. The first kappa shape index (κ1) is 19.6. The van der Waals surface area contributed by atoms with E-state index in [0.29, 0.717) is 25.1 Å². The average molecular weight is 396 g/mol. The van der Waals surface area contributed by atoms with Crippen molar-refractivity contribution < 1.29 is 9.53 Å². The van der Waals surface area contributed by atoms with Gasteiger partial charge < -0.3 is 20.3 Å². The number of rotatable bonds is 4. The van der Waals surface area contributed by atoms with Crippen LogP contribution in [0.15, 0.2) is 24.5 Å². The topological polar surface area (TPSA) is 92.3 Å². The van der Waals surface area contributed by atoms with Crippen molar-refractivity contribution in [1.29, 1.82) is 0 Å². The Bertz CT molecular complexity index is 877. The van der Waals surface area contributed by atoms with Gasteiger partial charge >= 0.3 is 6.03 Å². The van der Waals surface area contributed by atoms with Crippen LogP contribution in [0.5, 0.6) is 0 Å². The minimum atomic E-state index is -0.475. The van der Waals surface area contributed by atoms with Crippen molar-refractivity contribution in [3.8, 4) is 0 Å². The normalized spacial score (nSPS) is 18.4. The molecule has 29 heavy (non-hydrogen) atoms. The second-order valence-electron chi connectivity index (χ2n) is 8.22. The van der Waals surface area contributed by atoms with Crippen molar-refractivity contribution in [3.05, 3.63) is 47.0 Å². The first-order valence-electron chi connectivity index (χ1n) is 10.1. The van der Waals surface area contributed by atoms with Crippen molar-refractivity contribution in [2.24, 2.45) is 0 Å². The number of fused-ring (bicyclic) bond motifs is 1. The van der Waals surface area contributed by atoms with Gasteiger partial charge in [-0.15, -0.1) is 0 Å². The van der Waals surface area contributed by atoms with Gasteiger partial charge in [0.15, 0.2) is 0 Å². The van der Waals surface area contributed by atoms with Gasteiger partial charge in [0.2, 0.25) is 5.95 Å². The molecule has 154 valence electrons. The van der Waals surface area contributed by atoms with E-state index in [4.69, 9.17) is 9.72 Å². The van der Waals surface area contributed by atoms with Crippen LogP contribution in [0.25, 0.3) is 0 Å². The molecule has 0 saturated carbocycles. The number of aromatic nitrogens is 3. The Balaban J connectivity index is 1.43. The van der Waals surface area contributed by atoms with Gasteiger partial charge in [0, 0.05) is 37.2 Å². The number of amides is 2. The second kappa shape index (κ2) is 7.94. The Morgan fingerprint density at radius 2 is 2.03 bits per heavy atom. The highest BCUT2D eigenvalue weighted by Gasteiger charge is 2.41. The third-order valence-electron chi connectivity index (χ3n) is 5.70. The fourth-order valence-electron chi connectivity index (χ4n) is 3.83. The fourth-order valence-corrected chi connectivity index (χ4v) is 3.83. The zero-order chi connectivity index (χ0) is 20.4. The molecular formula is C21H28N6O2. The van der Waals surface area contributed by atoms with E-state index in [1.807, 2.05) is 39.1 Å². The summed E-state index contributed by atoms with van der Waals surface area (Å²) in [7, 11) is 0.